The van der Waals surface area contributed by atoms with Gasteiger partial charge in [0, 0.05) is 43.4 Å². The molecule has 3 unspecified atom stereocenters. The Morgan fingerprint density at radius 1 is 0.910 bits per heavy atom. The molecule has 67 heavy (non-hydrogen) atoms. The molecule has 1 heterocycles. The van der Waals surface area contributed by atoms with Crippen molar-refractivity contribution < 1.29 is 72.2 Å². The van der Waals surface area contributed by atoms with Gasteiger partial charge in [-0.2, -0.15) is 0 Å². The smallest absolute Gasteiger partial charge is 0.408 e. The second-order valence-electron chi connectivity index (χ2n) is 20.5. The van der Waals surface area contributed by atoms with E-state index in [1.165, 1.54) is 19.1 Å². The van der Waals surface area contributed by atoms with E-state index in [1.807, 2.05) is 0 Å². The molecule has 0 aromatic heterocycles. The van der Waals surface area contributed by atoms with Gasteiger partial charge in [-0.3, -0.25) is 19.2 Å². The fourth-order valence-corrected chi connectivity index (χ4v) is 11.0. The lowest BCUT2D eigenvalue weighted by Gasteiger charge is -2.67. The zero-order chi connectivity index (χ0) is 49.3. The second-order valence-corrected chi connectivity index (χ2v) is 20.5. The Bertz CT molecular complexity index is 2170. The first kappa shape index (κ1) is 51.2. The predicted molar refractivity (Wildman–Crippen MR) is 240 cm³/mol. The summed E-state index contributed by atoms with van der Waals surface area (Å²) in [5.41, 5.74) is -8.48. The average molecular weight is 934 g/mol. The molecule has 2 bridgehead atoms. The monoisotopic (exact) mass is 933 g/mol. The predicted octanol–water partition coefficient (Wildman–Crippen LogP) is 6.32. The van der Waals surface area contributed by atoms with Crippen molar-refractivity contribution in [3.05, 3.63) is 71.8 Å². The molecule has 366 valence electrons. The van der Waals surface area contributed by atoms with Gasteiger partial charge < -0.3 is 44.0 Å². The highest BCUT2D eigenvalue weighted by molar-refractivity contribution is 6.40. The number of rotatable bonds is 15. The van der Waals surface area contributed by atoms with Crippen molar-refractivity contribution in [1.29, 1.82) is 0 Å². The van der Waals surface area contributed by atoms with Crippen LogP contribution in [0.2, 0.25) is 0 Å². The number of nitrogens with one attached hydrogen (secondary N) is 1. The number of ketones is 2. The molecule has 4 aliphatic rings. The maximum absolute atomic E-state index is 15.1. The third kappa shape index (κ3) is 9.89. The quantitative estimate of drug-likeness (QED) is 0.0769. The summed E-state index contributed by atoms with van der Waals surface area (Å²) in [5.74, 6) is -9.73. The number of ether oxygens (including phenoxy) is 6. The van der Waals surface area contributed by atoms with Crippen LogP contribution in [0, 0.1) is 28.6 Å². The van der Waals surface area contributed by atoms with Crippen LogP contribution in [0.25, 0.3) is 0 Å². The molecule has 3 N–H and O–H groups in total. The van der Waals surface area contributed by atoms with Gasteiger partial charge in [0.1, 0.15) is 35.6 Å². The number of hydrogen-bond donors (Lipinski definition) is 3. The Labute approximate surface area is 392 Å². The van der Waals surface area contributed by atoms with E-state index in [0.29, 0.717) is 12.0 Å². The van der Waals surface area contributed by atoms with E-state index in [4.69, 9.17) is 28.4 Å². The van der Waals surface area contributed by atoms with E-state index < -0.39 is 130 Å². The van der Waals surface area contributed by atoms with Gasteiger partial charge in [-0.05, 0) is 51.8 Å². The van der Waals surface area contributed by atoms with Crippen molar-refractivity contribution in [1.82, 2.24) is 5.32 Å². The van der Waals surface area contributed by atoms with Crippen molar-refractivity contribution in [3.63, 3.8) is 0 Å². The van der Waals surface area contributed by atoms with Crippen molar-refractivity contribution in [2.45, 2.75) is 167 Å². The molecule has 6 rings (SSSR count). The molecular weight excluding hydrogens is 867 g/mol. The van der Waals surface area contributed by atoms with Gasteiger partial charge in [0.05, 0.1) is 29.6 Å². The fourth-order valence-electron chi connectivity index (χ4n) is 11.0. The Morgan fingerprint density at radius 3 is 2.12 bits per heavy atom. The number of amides is 1. The number of benzene rings is 2. The molecule has 3 aliphatic carbocycles. The first-order valence-corrected chi connectivity index (χ1v) is 23.4. The SMILES string of the molecule is CCCCCCCC(=O)O[C@@H](C(=O)O[C@H]1C[C@@]2(O)[C@@H](OC(=O)c3ccccc3)C3[C@](C)(C(=O)C(=O)C(C1C)C2(C)C)[C@@H](O)C[C@H]1OC[C@@]31OC(C)=O)[C@@H](NC(=O)OC(C)(C)C)c1ccccc1. The lowest BCUT2D eigenvalue weighted by Crippen LogP contribution is -2.82. The summed E-state index contributed by atoms with van der Waals surface area (Å²) in [5, 5.41) is 28.4. The Morgan fingerprint density at radius 2 is 1.54 bits per heavy atom. The standard InChI is InChI=1S/C51H67NO15/c1-10-11-12-13-20-25-36(55)64-40(38(31-21-16-14-17-22-31)52-46(60)67-47(4,5)6)45(59)63-33-27-51(61)43(65-44(58)32-23-18-15-19-24-32)41-49(9,42(57)39(56)37(29(33)2)48(51,7)8)34(54)26-35-50(41,28-62-35)66-30(3)53/h14-19,21-24,29,33-35,37-38,40-41,43,54,61H,10-13,20,25-28H2,1-9H3,(H,52,60)/t29?,33-,34-,35+,37?,38-,40+,41?,43-,49+,50-,51+/m0/s1. The molecule has 16 nitrogen and oxygen atoms in total. The van der Waals surface area contributed by atoms with Crippen molar-refractivity contribution in [3.8, 4) is 0 Å². The minimum atomic E-state index is -2.40. The molecule has 4 fully saturated rings. The topological polar surface area (TPSA) is 227 Å². The number of aliphatic hydroxyl groups excluding tert-OH is 1. The number of aliphatic hydroxyl groups is 2. The zero-order valence-corrected chi connectivity index (χ0v) is 40.0. The maximum atomic E-state index is 15.1. The number of unbranched alkanes of at least 4 members (excludes halogenated alkanes) is 4. The van der Waals surface area contributed by atoms with Gasteiger partial charge in [-0.15, -0.1) is 0 Å². The maximum Gasteiger partial charge on any atom is 0.408 e. The third-order valence-electron chi connectivity index (χ3n) is 14.6. The Hall–Kier alpha value is -5.19. The summed E-state index contributed by atoms with van der Waals surface area (Å²) in [4.78, 5) is 99.7. The summed E-state index contributed by atoms with van der Waals surface area (Å²) in [6.45, 7) is 13.9. The molecule has 1 aliphatic heterocycles. The van der Waals surface area contributed by atoms with E-state index in [0.717, 1.165) is 32.6 Å². The number of esters is 4. The Kier molecular flexibility index (Phi) is 15.1. The van der Waals surface area contributed by atoms with Crippen LogP contribution in [0.1, 0.15) is 136 Å². The van der Waals surface area contributed by atoms with Gasteiger partial charge in [-0.25, -0.2) is 14.4 Å². The van der Waals surface area contributed by atoms with Gasteiger partial charge >= 0.3 is 30.0 Å². The lowest BCUT2D eigenvalue weighted by atomic mass is 9.42. The van der Waals surface area contributed by atoms with E-state index in [2.05, 4.69) is 12.2 Å². The highest BCUT2D eigenvalue weighted by atomic mass is 16.6. The number of fused-ring (bicyclic) bond motifs is 5. The van der Waals surface area contributed by atoms with Crippen LogP contribution in [0.5, 0.6) is 0 Å². The molecule has 2 aromatic carbocycles. The molecule has 12 atom stereocenters. The van der Waals surface area contributed by atoms with Crippen LogP contribution < -0.4 is 5.32 Å². The molecule has 1 amide bonds. The average Bonchev–Trinajstić information content (AvgIpc) is 3.25. The van der Waals surface area contributed by atoms with E-state index in [9.17, 15) is 34.2 Å². The molecule has 2 aromatic rings. The first-order valence-electron chi connectivity index (χ1n) is 23.4. The lowest BCUT2D eigenvalue weighted by molar-refractivity contribution is -0.350. The Balaban J connectivity index is 1.48. The van der Waals surface area contributed by atoms with Gasteiger partial charge in [0.25, 0.3) is 0 Å². The fraction of sp³-hybridized carbons (Fsp3) is 0.627. The first-order chi connectivity index (χ1) is 31.4. The minimum absolute atomic E-state index is 0.0524. The summed E-state index contributed by atoms with van der Waals surface area (Å²) >= 11 is 0. The number of Topliss-reactive ketones (excluding diaryl/α,β-unsaturated/α-hetero) is 2. The summed E-state index contributed by atoms with van der Waals surface area (Å²) < 4.78 is 36.2. The molecule has 0 spiro atoms. The number of hydrogen-bond acceptors (Lipinski definition) is 15. The summed E-state index contributed by atoms with van der Waals surface area (Å²) in [6, 6.07) is 14.8. The van der Waals surface area contributed by atoms with Gasteiger partial charge in [0.2, 0.25) is 17.7 Å². The van der Waals surface area contributed by atoms with Crippen LogP contribution in [0.4, 0.5) is 4.79 Å². The summed E-state index contributed by atoms with van der Waals surface area (Å²) in [7, 11) is 0. The van der Waals surface area contributed by atoms with Crippen molar-refractivity contribution in [2.75, 3.05) is 6.61 Å². The van der Waals surface area contributed by atoms with Crippen LogP contribution in [-0.2, 0) is 52.4 Å². The number of carbonyl (C=O) groups is 7. The molecule has 16 heteroatoms. The van der Waals surface area contributed by atoms with Crippen molar-refractivity contribution >= 4 is 41.5 Å². The van der Waals surface area contributed by atoms with E-state index >= 15 is 9.59 Å². The highest BCUT2D eigenvalue weighted by Crippen LogP contribution is 2.64. The highest BCUT2D eigenvalue weighted by Gasteiger charge is 2.79. The largest absolute Gasteiger partial charge is 0.459 e. The van der Waals surface area contributed by atoms with Crippen LogP contribution in [0.3, 0.4) is 0 Å². The zero-order valence-electron chi connectivity index (χ0n) is 40.0. The molecule has 0 radical (unpaired) electrons. The van der Waals surface area contributed by atoms with E-state index in [-0.39, 0.29) is 25.0 Å². The number of carbonyl (C=O) groups excluding carboxylic acids is 7. The van der Waals surface area contributed by atoms with Gasteiger partial charge in [0.15, 0.2) is 5.60 Å². The third-order valence-corrected chi connectivity index (χ3v) is 14.6. The summed E-state index contributed by atoms with van der Waals surface area (Å²) in [6.07, 6.45) is -5.43. The molecular formula is C51H67NO15. The number of alkyl carbamates (subject to hydrolysis) is 1. The molecule has 1 saturated heterocycles. The molecule has 3 saturated carbocycles. The van der Waals surface area contributed by atoms with Crippen molar-refractivity contribution in [2.24, 2.45) is 28.6 Å². The minimum Gasteiger partial charge on any atom is -0.459 e. The van der Waals surface area contributed by atoms with Crippen LogP contribution in [0.15, 0.2) is 60.7 Å². The second kappa shape index (κ2) is 19.8. The normalized spacial score (nSPS) is 31.7. The van der Waals surface area contributed by atoms with Crippen LogP contribution >= 0.6 is 0 Å². The van der Waals surface area contributed by atoms with E-state index in [1.54, 1.807) is 90.1 Å². The van der Waals surface area contributed by atoms with Crippen LogP contribution in [-0.4, -0.2) is 106 Å². The van der Waals surface area contributed by atoms with Gasteiger partial charge in [-0.1, -0.05) is 102 Å².